The van der Waals surface area contributed by atoms with Crippen molar-refractivity contribution in [2.24, 2.45) is 0 Å². The molecule has 0 saturated carbocycles. The molecule has 0 spiro atoms. The summed E-state index contributed by atoms with van der Waals surface area (Å²) in [6, 6.07) is 16.5. The summed E-state index contributed by atoms with van der Waals surface area (Å²) in [5, 5.41) is 3.79. The van der Waals surface area contributed by atoms with Gasteiger partial charge in [-0.3, -0.25) is 9.78 Å². The molecule has 0 aliphatic rings. The molecule has 0 saturated heterocycles. The molecule has 29 heavy (non-hydrogen) atoms. The standard InChI is InChI=1S/C22H25N3O3S/c1-15(2)25-29(27,28)14-19-10-5-4-9-18(19)13-23-22(26)20-12-17-8-6-7-11-21(17)24-16(20)3/h4-12,15,25H,13-14H2,1-3H3,(H,23,26). The van der Waals surface area contributed by atoms with Crippen LogP contribution in [0.3, 0.4) is 0 Å². The number of benzene rings is 2. The summed E-state index contributed by atoms with van der Waals surface area (Å²) in [6.07, 6.45) is 0. The maximum Gasteiger partial charge on any atom is 0.253 e. The van der Waals surface area contributed by atoms with E-state index in [2.05, 4.69) is 15.0 Å². The molecular weight excluding hydrogens is 386 g/mol. The van der Waals surface area contributed by atoms with Gasteiger partial charge in [-0.15, -0.1) is 0 Å². The van der Waals surface area contributed by atoms with E-state index >= 15 is 0 Å². The Kier molecular flexibility index (Phi) is 6.30. The van der Waals surface area contributed by atoms with Crippen molar-refractivity contribution >= 4 is 26.8 Å². The number of hydrogen-bond donors (Lipinski definition) is 2. The van der Waals surface area contributed by atoms with Crippen molar-refractivity contribution in [2.45, 2.75) is 39.1 Å². The number of fused-ring (bicyclic) bond motifs is 1. The fraction of sp³-hybridized carbons (Fsp3) is 0.273. The van der Waals surface area contributed by atoms with E-state index in [4.69, 9.17) is 0 Å². The van der Waals surface area contributed by atoms with Crippen LogP contribution in [0.2, 0.25) is 0 Å². The lowest BCUT2D eigenvalue weighted by atomic mass is 10.1. The van der Waals surface area contributed by atoms with Crippen LogP contribution in [0.15, 0.2) is 54.6 Å². The number of amides is 1. The number of para-hydroxylation sites is 1. The minimum absolute atomic E-state index is 0.131. The third kappa shape index (κ3) is 5.40. The van der Waals surface area contributed by atoms with E-state index in [0.29, 0.717) is 16.8 Å². The van der Waals surface area contributed by atoms with Gasteiger partial charge in [-0.25, -0.2) is 13.1 Å². The van der Waals surface area contributed by atoms with Gasteiger partial charge in [-0.05, 0) is 44.0 Å². The van der Waals surface area contributed by atoms with Gasteiger partial charge in [0.05, 0.1) is 22.5 Å². The minimum atomic E-state index is -3.45. The molecule has 1 aromatic heterocycles. The highest BCUT2D eigenvalue weighted by molar-refractivity contribution is 7.88. The van der Waals surface area contributed by atoms with Gasteiger partial charge in [-0.1, -0.05) is 42.5 Å². The Labute approximate surface area is 171 Å². The topological polar surface area (TPSA) is 88.2 Å². The summed E-state index contributed by atoms with van der Waals surface area (Å²) in [7, 11) is -3.45. The van der Waals surface area contributed by atoms with E-state index in [1.54, 1.807) is 32.9 Å². The van der Waals surface area contributed by atoms with Gasteiger partial charge in [0.1, 0.15) is 0 Å². The van der Waals surface area contributed by atoms with Crippen molar-refractivity contribution < 1.29 is 13.2 Å². The number of nitrogens with one attached hydrogen (secondary N) is 2. The molecule has 0 atom stereocenters. The molecule has 152 valence electrons. The highest BCUT2D eigenvalue weighted by atomic mass is 32.2. The largest absolute Gasteiger partial charge is 0.348 e. The molecule has 0 unspecified atom stereocenters. The van der Waals surface area contributed by atoms with Crippen LogP contribution in [-0.2, 0) is 22.3 Å². The first kappa shape index (κ1) is 21.0. The summed E-state index contributed by atoms with van der Waals surface area (Å²) in [6.45, 7) is 5.60. The number of rotatable bonds is 7. The third-order valence-electron chi connectivity index (χ3n) is 4.48. The smallest absolute Gasteiger partial charge is 0.253 e. The van der Waals surface area contributed by atoms with Gasteiger partial charge in [0.25, 0.3) is 5.91 Å². The van der Waals surface area contributed by atoms with Gasteiger partial charge in [-0.2, -0.15) is 0 Å². The van der Waals surface area contributed by atoms with E-state index in [0.717, 1.165) is 16.5 Å². The molecule has 1 heterocycles. The maximum absolute atomic E-state index is 12.7. The van der Waals surface area contributed by atoms with E-state index in [9.17, 15) is 13.2 Å². The van der Waals surface area contributed by atoms with Crippen LogP contribution in [0.25, 0.3) is 10.9 Å². The molecule has 2 aromatic carbocycles. The number of aromatic nitrogens is 1. The minimum Gasteiger partial charge on any atom is -0.348 e. The van der Waals surface area contributed by atoms with E-state index in [-0.39, 0.29) is 24.2 Å². The predicted molar refractivity (Wildman–Crippen MR) is 115 cm³/mol. The maximum atomic E-state index is 12.7. The summed E-state index contributed by atoms with van der Waals surface area (Å²) in [4.78, 5) is 17.2. The van der Waals surface area contributed by atoms with Crippen molar-refractivity contribution in [3.8, 4) is 0 Å². The summed E-state index contributed by atoms with van der Waals surface area (Å²) < 4.78 is 27.2. The SMILES string of the molecule is Cc1nc2ccccc2cc1C(=O)NCc1ccccc1CS(=O)(=O)NC(C)C. The van der Waals surface area contributed by atoms with E-state index in [1.807, 2.05) is 42.5 Å². The number of carbonyl (C=O) groups excluding carboxylic acids is 1. The lowest BCUT2D eigenvalue weighted by molar-refractivity contribution is 0.0950. The zero-order chi connectivity index (χ0) is 21.0. The van der Waals surface area contributed by atoms with Crippen LogP contribution in [0.5, 0.6) is 0 Å². The molecule has 3 rings (SSSR count). The zero-order valence-electron chi connectivity index (χ0n) is 16.8. The lowest BCUT2D eigenvalue weighted by Crippen LogP contribution is -2.32. The molecule has 0 aliphatic carbocycles. The van der Waals surface area contributed by atoms with Crippen LogP contribution in [-0.4, -0.2) is 25.4 Å². The number of aryl methyl sites for hydroxylation is 1. The predicted octanol–water partition coefficient (Wildman–Crippen LogP) is 3.30. The van der Waals surface area contributed by atoms with Crippen molar-refractivity contribution in [3.05, 3.63) is 77.0 Å². The fourth-order valence-electron chi connectivity index (χ4n) is 3.19. The Hall–Kier alpha value is -2.77. The number of sulfonamides is 1. The molecule has 7 heteroatoms. The van der Waals surface area contributed by atoms with Crippen LogP contribution in [0.1, 0.15) is 41.0 Å². The van der Waals surface area contributed by atoms with Crippen molar-refractivity contribution in [2.75, 3.05) is 0 Å². The van der Waals surface area contributed by atoms with Crippen LogP contribution in [0.4, 0.5) is 0 Å². The Morgan fingerprint density at radius 3 is 2.41 bits per heavy atom. The number of carbonyl (C=O) groups is 1. The monoisotopic (exact) mass is 411 g/mol. The molecule has 6 nitrogen and oxygen atoms in total. The first-order chi connectivity index (χ1) is 13.7. The zero-order valence-corrected chi connectivity index (χ0v) is 17.6. The quantitative estimate of drug-likeness (QED) is 0.624. The lowest BCUT2D eigenvalue weighted by Gasteiger charge is -2.14. The molecule has 3 aromatic rings. The fourth-order valence-corrected chi connectivity index (χ4v) is 4.68. The Bertz CT molecular complexity index is 1140. The number of pyridine rings is 1. The van der Waals surface area contributed by atoms with E-state index in [1.165, 1.54) is 0 Å². The number of hydrogen-bond acceptors (Lipinski definition) is 4. The second-order valence-corrected chi connectivity index (χ2v) is 9.05. The van der Waals surface area contributed by atoms with Crippen molar-refractivity contribution in [3.63, 3.8) is 0 Å². The van der Waals surface area contributed by atoms with Gasteiger partial charge in [0, 0.05) is 18.0 Å². The highest BCUT2D eigenvalue weighted by Crippen LogP contribution is 2.17. The van der Waals surface area contributed by atoms with Crippen LogP contribution >= 0.6 is 0 Å². The average molecular weight is 412 g/mol. The molecule has 0 fully saturated rings. The molecular formula is C22H25N3O3S. The number of nitrogens with zero attached hydrogens (tertiary/aromatic N) is 1. The second kappa shape index (κ2) is 8.71. The molecule has 1 amide bonds. The van der Waals surface area contributed by atoms with Gasteiger partial charge in [0.15, 0.2) is 0 Å². The molecule has 0 aliphatic heterocycles. The first-order valence-corrected chi connectivity index (χ1v) is 11.1. The summed E-state index contributed by atoms with van der Waals surface area (Å²) >= 11 is 0. The van der Waals surface area contributed by atoms with Gasteiger partial charge >= 0.3 is 0 Å². The first-order valence-electron chi connectivity index (χ1n) is 9.46. The van der Waals surface area contributed by atoms with Gasteiger partial charge < -0.3 is 5.32 Å². The van der Waals surface area contributed by atoms with Gasteiger partial charge in [0.2, 0.25) is 10.0 Å². The Balaban J connectivity index is 1.77. The van der Waals surface area contributed by atoms with E-state index < -0.39 is 10.0 Å². The molecule has 0 bridgehead atoms. The summed E-state index contributed by atoms with van der Waals surface area (Å²) in [5.41, 5.74) is 3.43. The average Bonchev–Trinajstić information content (AvgIpc) is 2.65. The van der Waals surface area contributed by atoms with Crippen LogP contribution in [0, 0.1) is 6.92 Å². The van der Waals surface area contributed by atoms with Crippen molar-refractivity contribution in [1.82, 2.24) is 15.0 Å². The normalized spacial score (nSPS) is 11.7. The van der Waals surface area contributed by atoms with Crippen molar-refractivity contribution in [1.29, 1.82) is 0 Å². The molecule has 2 N–H and O–H groups in total. The molecule has 0 radical (unpaired) electrons. The Morgan fingerprint density at radius 1 is 1.03 bits per heavy atom. The van der Waals surface area contributed by atoms with Crippen LogP contribution < -0.4 is 10.0 Å². The second-order valence-electron chi connectivity index (χ2n) is 7.30. The Morgan fingerprint density at radius 2 is 1.69 bits per heavy atom. The third-order valence-corrected chi connectivity index (χ3v) is 6.00. The highest BCUT2D eigenvalue weighted by Gasteiger charge is 2.16. The summed E-state index contributed by atoms with van der Waals surface area (Å²) in [5.74, 6) is -0.368.